The second kappa shape index (κ2) is 4.73. The van der Waals surface area contributed by atoms with Crippen molar-refractivity contribution in [1.82, 2.24) is 9.88 Å². The number of aromatic amines is 1. The number of amides is 1. The highest BCUT2D eigenvalue weighted by Gasteiger charge is 2.39. The monoisotopic (exact) mass is 268 g/mol. The Bertz CT molecular complexity index is 581. The number of carboxylic acid groups (broad SMARTS) is 1. The Morgan fingerprint density at radius 3 is 2.63 bits per heavy atom. The lowest BCUT2D eigenvalue weighted by Gasteiger charge is -2.20. The van der Waals surface area contributed by atoms with Gasteiger partial charge in [-0.1, -0.05) is 0 Å². The molecule has 0 aliphatic carbocycles. The Morgan fingerprint density at radius 2 is 2.05 bits per heavy atom. The molecule has 102 valence electrons. The molecule has 2 rings (SSSR count). The Balaban J connectivity index is 2.32. The highest BCUT2D eigenvalue weighted by Crippen LogP contribution is 2.21. The Kier molecular flexibility index (Phi) is 3.26. The number of carboxylic acids is 1. The number of H-pyrrole nitrogens is 1. The van der Waals surface area contributed by atoms with Gasteiger partial charge in [0.15, 0.2) is 5.88 Å². The lowest BCUT2D eigenvalue weighted by molar-refractivity contribution is -0.141. The lowest BCUT2D eigenvalue weighted by atomic mass is 10.2. The van der Waals surface area contributed by atoms with Crippen LogP contribution >= 0.6 is 0 Å². The second-order valence-electron chi connectivity index (χ2n) is 4.32. The first-order chi connectivity index (χ1) is 8.88. The van der Waals surface area contributed by atoms with Crippen molar-refractivity contribution in [3.63, 3.8) is 0 Å². The maximum atomic E-state index is 12.1. The summed E-state index contributed by atoms with van der Waals surface area (Å²) in [5.41, 5.74) is -0.795. The molecule has 1 aromatic rings. The number of nitrogens with zero attached hydrogens (tertiary/aromatic N) is 1. The fraction of sp³-hybridized carbons (Fsp3) is 0.364. The van der Waals surface area contributed by atoms with E-state index in [4.69, 9.17) is 5.11 Å². The van der Waals surface area contributed by atoms with Gasteiger partial charge in [0.05, 0.1) is 11.7 Å². The molecule has 1 aliphatic rings. The van der Waals surface area contributed by atoms with Gasteiger partial charge in [0.1, 0.15) is 6.04 Å². The van der Waals surface area contributed by atoms with Crippen LogP contribution in [0.15, 0.2) is 16.9 Å². The third-order valence-electron chi connectivity index (χ3n) is 2.90. The highest BCUT2D eigenvalue weighted by atomic mass is 16.4. The Labute approximate surface area is 106 Å². The molecule has 0 radical (unpaired) electrons. The summed E-state index contributed by atoms with van der Waals surface area (Å²) in [6, 6.07) is 0.864. The van der Waals surface area contributed by atoms with Crippen molar-refractivity contribution < 1.29 is 24.9 Å². The molecule has 2 unspecified atom stereocenters. The number of likely N-dealkylation sites (tertiary alicyclic amines) is 1. The summed E-state index contributed by atoms with van der Waals surface area (Å²) in [6.07, 6.45) is -0.975. The van der Waals surface area contributed by atoms with Crippen LogP contribution in [0.2, 0.25) is 0 Å². The topological polar surface area (TPSA) is 131 Å². The van der Waals surface area contributed by atoms with Gasteiger partial charge < -0.3 is 20.2 Å². The van der Waals surface area contributed by atoms with E-state index in [-0.39, 0.29) is 18.5 Å². The van der Waals surface area contributed by atoms with Gasteiger partial charge in [-0.2, -0.15) is 0 Å². The molecule has 2 heterocycles. The van der Waals surface area contributed by atoms with Crippen molar-refractivity contribution in [3.8, 4) is 5.88 Å². The van der Waals surface area contributed by atoms with Crippen LogP contribution in [0.4, 0.5) is 0 Å². The van der Waals surface area contributed by atoms with Crippen LogP contribution in [0.1, 0.15) is 16.8 Å². The van der Waals surface area contributed by atoms with Crippen LogP contribution in [0.5, 0.6) is 5.88 Å². The molecule has 0 spiro atoms. The molecule has 19 heavy (non-hydrogen) atoms. The van der Waals surface area contributed by atoms with Crippen LogP contribution in [0.25, 0.3) is 0 Å². The largest absolute Gasteiger partial charge is 0.494 e. The molecule has 2 atom stereocenters. The quantitative estimate of drug-likeness (QED) is 0.529. The molecule has 1 fully saturated rings. The van der Waals surface area contributed by atoms with Crippen molar-refractivity contribution in [1.29, 1.82) is 0 Å². The number of aromatic nitrogens is 1. The zero-order valence-electron chi connectivity index (χ0n) is 9.74. The van der Waals surface area contributed by atoms with Gasteiger partial charge in [0.25, 0.3) is 11.5 Å². The third-order valence-corrected chi connectivity index (χ3v) is 2.90. The summed E-state index contributed by atoms with van der Waals surface area (Å²) in [7, 11) is 0. The predicted octanol–water partition coefficient (Wildman–Crippen LogP) is -1.26. The molecule has 8 nitrogen and oxygen atoms in total. The molecule has 1 aliphatic heterocycles. The number of aromatic hydroxyl groups is 1. The van der Waals surface area contributed by atoms with Crippen LogP contribution in [0, 0.1) is 0 Å². The average molecular weight is 268 g/mol. The van der Waals surface area contributed by atoms with E-state index in [0.717, 1.165) is 17.0 Å². The van der Waals surface area contributed by atoms with Crippen molar-refractivity contribution in [2.75, 3.05) is 6.54 Å². The molecule has 0 aromatic carbocycles. The number of aliphatic hydroxyl groups is 1. The lowest BCUT2D eigenvalue weighted by Crippen LogP contribution is -2.40. The number of carbonyl (C=O) groups excluding carboxylic acids is 1. The zero-order valence-corrected chi connectivity index (χ0v) is 9.74. The minimum atomic E-state index is -1.22. The molecule has 0 bridgehead atoms. The fourth-order valence-corrected chi connectivity index (χ4v) is 2.09. The van der Waals surface area contributed by atoms with E-state index >= 15 is 0 Å². The number of hydrogen-bond donors (Lipinski definition) is 4. The Hall–Kier alpha value is -2.35. The number of nitrogens with one attached hydrogen (secondary N) is 1. The summed E-state index contributed by atoms with van der Waals surface area (Å²) in [5, 5.41) is 27.7. The first kappa shape index (κ1) is 13.1. The summed E-state index contributed by atoms with van der Waals surface area (Å²) in [6.45, 7) is -0.122. The van der Waals surface area contributed by atoms with Crippen LogP contribution in [-0.2, 0) is 4.79 Å². The number of hydrogen-bond acceptors (Lipinski definition) is 5. The molecule has 0 saturated carbocycles. The zero-order chi connectivity index (χ0) is 14.2. The van der Waals surface area contributed by atoms with E-state index in [0.29, 0.717) is 0 Å². The minimum absolute atomic E-state index is 0.0593. The first-order valence-corrected chi connectivity index (χ1v) is 5.53. The summed E-state index contributed by atoms with van der Waals surface area (Å²) < 4.78 is 0. The van der Waals surface area contributed by atoms with Gasteiger partial charge >= 0.3 is 5.97 Å². The fourth-order valence-electron chi connectivity index (χ4n) is 2.09. The van der Waals surface area contributed by atoms with Gasteiger partial charge in [-0.15, -0.1) is 0 Å². The van der Waals surface area contributed by atoms with E-state index in [2.05, 4.69) is 4.98 Å². The van der Waals surface area contributed by atoms with E-state index in [1.807, 2.05) is 0 Å². The summed E-state index contributed by atoms with van der Waals surface area (Å²) >= 11 is 0. The average Bonchev–Trinajstić information content (AvgIpc) is 2.69. The molecule has 8 heteroatoms. The van der Waals surface area contributed by atoms with Crippen molar-refractivity contribution >= 4 is 11.9 Å². The number of aliphatic carboxylic acids is 1. The number of aliphatic hydroxyl groups excluding tert-OH is 1. The van der Waals surface area contributed by atoms with Gasteiger partial charge in [-0.3, -0.25) is 14.6 Å². The highest BCUT2D eigenvalue weighted by molar-refractivity contribution is 5.97. The van der Waals surface area contributed by atoms with Gasteiger partial charge in [-0.25, -0.2) is 4.79 Å². The molecule has 4 N–H and O–H groups in total. The van der Waals surface area contributed by atoms with E-state index in [9.17, 15) is 24.6 Å². The van der Waals surface area contributed by atoms with E-state index in [1.165, 1.54) is 0 Å². The van der Waals surface area contributed by atoms with Crippen LogP contribution < -0.4 is 5.56 Å². The van der Waals surface area contributed by atoms with Crippen molar-refractivity contribution in [3.05, 3.63) is 28.0 Å². The molecular formula is C11H12N2O6. The van der Waals surface area contributed by atoms with Gasteiger partial charge in [-0.05, 0) is 0 Å². The normalized spacial score (nSPS) is 22.5. The Morgan fingerprint density at radius 1 is 1.37 bits per heavy atom. The van der Waals surface area contributed by atoms with Crippen molar-refractivity contribution in [2.45, 2.75) is 18.6 Å². The number of rotatable bonds is 2. The minimum Gasteiger partial charge on any atom is -0.494 e. The molecule has 1 saturated heterocycles. The summed E-state index contributed by atoms with van der Waals surface area (Å²) in [4.78, 5) is 37.3. The second-order valence-corrected chi connectivity index (χ2v) is 4.32. The number of pyridine rings is 1. The van der Waals surface area contributed by atoms with Crippen LogP contribution in [0.3, 0.4) is 0 Å². The van der Waals surface area contributed by atoms with Crippen molar-refractivity contribution in [2.24, 2.45) is 0 Å². The van der Waals surface area contributed by atoms with E-state index in [1.54, 1.807) is 0 Å². The maximum absolute atomic E-state index is 12.1. The predicted molar refractivity (Wildman–Crippen MR) is 61.8 cm³/mol. The van der Waals surface area contributed by atoms with E-state index < -0.39 is 35.5 Å². The number of β-amino-alcohol motifs (C(OH)–C–C–N with tert-alkyl or cyclic N) is 1. The molecular weight excluding hydrogens is 256 g/mol. The standard InChI is InChI=1S/C11H12N2O6/c14-6-3-7(11(18)19)13(4-6)10(17)5-1-8(15)12-9(16)2-5/h1-2,6-7,14H,3-4H2,(H,18,19)(H2,12,15,16). The SMILES string of the molecule is O=C(O)C1CC(O)CN1C(=O)c1cc(O)[nH]c(=O)c1. The summed E-state index contributed by atoms with van der Waals surface area (Å²) in [5.74, 6) is -2.42. The van der Waals surface area contributed by atoms with Gasteiger partial charge in [0, 0.05) is 25.1 Å². The maximum Gasteiger partial charge on any atom is 0.326 e. The molecule has 1 amide bonds. The smallest absolute Gasteiger partial charge is 0.326 e. The van der Waals surface area contributed by atoms with Gasteiger partial charge in [0.2, 0.25) is 0 Å². The van der Waals surface area contributed by atoms with Crippen LogP contribution in [-0.4, -0.2) is 55.8 Å². The molecule has 1 aromatic heterocycles. The first-order valence-electron chi connectivity index (χ1n) is 5.53. The number of carbonyl (C=O) groups is 2. The third kappa shape index (κ3) is 2.58.